The van der Waals surface area contributed by atoms with Gasteiger partial charge in [0, 0.05) is 44.5 Å². The predicted octanol–water partition coefficient (Wildman–Crippen LogP) is 2.66. The summed E-state index contributed by atoms with van der Waals surface area (Å²) in [5.41, 5.74) is 2.57. The smallest absolute Gasteiger partial charge is 0.250 e. The zero-order chi connectivity index (χ0) is 21.5. The first-order valence-electron chi connectivity index (χ1n) is 12.8. The van der Waals surface area contributed by atoms with Gasteiger partial charge in [0.25, 0.3) is 5.91 Å². The fourth-order valence-electron chi connectivity index (χ4n) is 7.31. The molecule has 1 amide bonds. The SMILES string of the molecule is O=C(NC1C2CC3CC(C2)CC1C3)C1CN(Cc2ccc(N3CCOCC3)cc2)CCO1. The van der Waals surface area contributed by atoms with Crippen molar-refractivity contribution >= 4 is 11.6 Å². The van der Waals surface area contributed by atoms with Crippen molar-refractivity contribution in [1.82, 2.24) is 10.2 Å². The average molecular weight is 440 g/mol. The van der Waals surface area contributed by atoms with Crippen LogP contribution in [0.25, 0.3) is 0 Å². The lowest BCUT2D eigenvalue weighted by Crippen LogP contribution is -2.59. The number of benzene rings is 1. The van der Waals surface area contributed by atoms with E-state index in [-0.39, 0.29) is 12.0 Å². The van der Waals surface area contributed by atoms with Crippen LogP contribution in [0, 0.1) is 23.7 Å². The second-order valence-corrected chi connectivity index (χ2v) is 10.8. The Morgan fingerprint density at radius 3 is 2.28 bits per heavy atom. The van der Waals surface area contributed by atoms with Gasteiger partial charge in [0.05, 0.1) is 19.8 Å². The van der Waals surface area contributed by atoms with Gasteiger partial charge in [-0.2, -0.15) is 0 Å². The summed E-state index contributed by atoms with van der Waals surface area (Å²) in [4.78, 5) is 17.9. The molecule has 1 unspecified atom stereocenters. The average Bonchev–Trinajstić information content (AvgIpc) is 2.82. The maximum Gasteiger partial charge on any atom is 0.250 e. The fraction of sp³-hybridized carbons (Fsp3) is 0.731. The highest BCUT2D eigenvalue weighted by molar-refractivity contribution is 5.81. The molecule has 2 saturated heterocycles. The Morgan fingerprint density at radius 2 is 1.59 bits per heavy atom. The van der Waals surface area contributed by atoms with Gasteiger partial charge in [-0.3, -0.25) is 9.69 Å². The first-order valence-corrected chi connectivity index (χ1v) is 12.8. The lowest BCUT2D eigenvalue weighted by molar-refractivity contribution is -0.142. The lowest BCUT2D eigenvalue weighted by atomic mass is 9.54. The van der Waals surface area contributed by atoms with Gasteiger partial charge in [-0.15, -0.1) is 0 Å². The van der Waals surface area contributed by atoms with E-state index in [1.54, 1.807) is 0 Å². The van der Waals surface area contributed by atoms with E-state index in [0.717, 1.165) is 51.2 Å². The number of carbonyl (C=O) groups is 1. The Hall–Kier alpha value is -1.63. The number of rotatable bonds is 5. The first kappa shape index (κ1) is 20.9. The van der Waals surface area contributed by atoms with Crippen LogP contribution in [0.4, 0.5) is 5.69 Å². The first-order chi connectivity index (χ1) is 15.7. The maximum atomic E-state index is 13.1. The lowest BCUT2D eigenvalue weighted by Gasteiger charge is -2.54. The zero-order valence-corrected chi connectivity index (χ0v) is 19.1. The van der Waals surface area contributed by atoms with Crippen molar-refractivity contribution in [3.63, 3.8) is 0 Å². The second-order valence-electron chi connectivity index (χ2n) is 10.8. The summed E-state index contributed by atoms with van der Waals surface area (Å²) in [5, 5.41) is 3.45. The largest absolute Gasteiger partial charge is 0.378 e. The van der Waals surface area contributed by atoms with E-state index >= 15 is 0 Å². The van der Waals surface area contributed by atoms with E-state index in [1.807, 2.05) is 0 Å². The Morgan fingerprint density at radius 1 is 0.906 bits per heavy atom. The molecule has 2 heterocycles. The van der Waals surface area contributed by atoms with Gasteiger partial charge in [-0.25, -0.2) is 0 Å². The number of nitrogens with zero attached hydrogens (tertiary/aromatic N) is 2. The van der Waals surface area contributed by atoms with Crippen molar-refractivity contribution in [3.8, 4) is 0 Å². The van der Waals surface area contributed by atoms with Crippen LogP contribution in [-0.4, -0.2) is 69.0 Å². The molecule has 0 aromatic heterocycles. The van der Waals surface area contributed by atoms with E-state index < -0.39 is 0 Å². The van der Waals surface area contributed by atoms with Crippen LogP contribution in [0.15, 0.2) is 24.3 Å². The highest BCUT2D eigenvalue weighted by Gasteiger charge is 2.49. The topological polar surface area (TPSA) is 54.0 Å². The molecule has 6 nitrogen and oxygen atoms in total. The van der Waals surface area contributed by atoms with E-state index in [0.29, 0.717) is 31.0 Å². The number of anilines is 1. The molecule has 0 spiro atoms. The highest BCUT2D eigenvalue weighted by atomic mass is 16.5. The number of nitrogens with one attached hydrogen (secondary N) is 1. The number of amides is 1. The van der Waals surface area contributed by atoms with Crippen LogP contribution in [0.1, 0.15) is 37.7 Å². The van der Waals surface area contributed by atoms with E-state index in [2.05, 4.69) is 39.4 Å². The summed E-state index contributed by atoms with van der Waals surface area (Å²) >= 11 is 0. The Bertz CT molecular complexity index is 779. The molecule has 6 heteroatoms. The van der Waals surface area contributed by atoms with Crippen LogP contribution >= 0.6 is 0 Å². The molecule has 174 valence electrons. The van der Waals surface area contributed by atoms with Crippen molar-refractivity contribution in [2.45, 2.75) is 50.8 Å². The van der Waals surface area contributed by atoms with Gasteiger partial charge < -0.3 is 19.7 Å². The minimum absolute atomic E-state index is 0.120. The van der Waals surface area contributed by atoms with Gasteiger partial charge in [0.2, 0.25) is 0 Å². The monoisotopic (exact) mass is 439 g/mol. The number of carbonyl (C=O) groups excluding carboxylic acids is 1. The summed E-state index contributed by atoms with van der Waals surface area (Å²) < 4.78 is 11.4. The molecular formula is C26H37N3O3. The number of ether oxygens (including phenoxy) is 2. The molecule has 1 atom stereocenters. The minimum Gasteiger partial charge on any atom is -0.378 e. The summed E-state index contributed by atoms with van der Waals surface area (Å²) in [6, 6.07) is 9.28. The molecule has 32 heavy (non-hydrogen) atoms. The van der Waals surface area contributed by atoms with Gasteiger partial charge in [-0.1, -0.05) is 12.1 Å². The van der Waals surface area contributed by atoms with Crippen molar-refractivity contribution in [3.05, 3.63) is 29.8 Å². The molecule has 6 fully saturated rings. The van der Waals surface area contributed by atoms with Crippen LogP contribution < -0.4 is 10.2 Å². The second kappa shape index (κ2) is 8.96. The molecule has 6 aliphatic rings. The molecule has 0 radical (unpaired) electrons. The summed E-state index contributed by atoms with van der Waals surface area (Å²) in [6.07, 6.45) is 6.42. The van der Waals surface area contributed by atoms with Crippen molar-refractivity contribution in [1.29, 1.82) is 0 Å². The third kappa shape index (κ3) is 4.29. The summed E-state index contributed by atoms with van der Waals surface area (Å²) in [5.74, 6) is 3.40. The quantitative estimate of drug-likeness (QED) is 0.765. The molecule has 2 aliphatic heterocycles. The van der Waals surface area contributed by atoms with Gasteiger partial charge in [0.15, 0.2) is 0 Å². The fourth-order valence-corrected chi connectivity index (χ4v) is 7.31. The summed E-state index contributed by atoms with van der Waals surface area (Å²) in [7, 11) is 0. The third-order valence-corrected chi connectivity index (χ3v) is 8.70. The van der Waals surface area contributed by atoms with Gasteiger partial charge >= 0.3 is 0 Å². The molecule has 1 N–H and O–H groups in total. The molecular weight excluding hydrogens is 402 g/mol. The van der Waals surface area contributed by atoms with Gasteiger partial charge in [0.1, 0.15) is 6.10 Å². The highest BCUT2D eigenvalue weighted by Crippen LogP contribution is 2.53. The predicted molar refractivity (Wildman–Crippen MR) is 123 cm³/mol. The van der Waals surface area contributed by atoms with Crippen LogP contribution in [0.2, 0.25) is 0 Å². The molecule has 4 aliphatic carbocycles. The Kier molecular flexibility index (Phi) is 5.86. The van der Waals surface area contributed by atoms with Crippen molar-refractivity contribution in [2.75, 3.05) is 50.9 Å². The van der Waals surface area contributed by atoms with E-state index in [1.165, 1.54) is 43.4 Å². The molecule has 1 aromatic carbocycles. The number of hydrogen-bond acceptors (Lipinski definition) is 5. The van der Waals surface area contributed by atoms with Gasteiger partial charge in [-0.05, 0) is 73.5 Å². The van der Waals surface area contributed by atoms with Crippen molar-refractivity contribution < 1.29 is 14.3 Å². The maximum absolute atomic E-state index is 13.1. The van der Waals surface area contributed by atoms with Crippen molar-refractivity contribution in [2.24, 2.45) is 23.7 Å². The third-order valence-electron chi connectivity index (χ3n) is 8.70. The molecule has 4 bridgehead atoms. The summed E-state index contributed by atoms with van der Waals surface area (Å²) in [6.45, 7) is 6.61. The minimum atomic E-state index is -0.339. The molecule has 1 aromatic rings. The Labute approximate surface area is 191 Å². The zero-order valence-electron chi connectivity index (χ0n) is 19.1. The number of morpholine rings is 2. The van der Waals surface area contributed by atoms with Crippen LogP contribution in [-0.2, 0) is 20.8 Å². The van der Waals surface area contributed by atoms with E-state index in [4.69, 9.17) is 9.47 Å². The Balaban J connectivity index is 1.03. The van der Waals surface area contributed by atoms with E-state index in [9.17, 15) is 4.79 Å². The standard InChI is InChI=1S/C26H37N3O3/c30-26(27-25-21-12-19-11-20(14-21)15-22(25)13-19)24-17-28(5-10-32-24)16-18-1-3-23(4-2-18)29-6-8-31-9-7-29/h1-4,19-22,24-25H,5-17H2,(H,27,30). The number of hydrogen-bond donors (Lipinski definition) is 1. The molecule has 4 saturated carbocycles. The normalized spacial score (nSPS) is 36.9. The van der Waals surface area contributed by atoms with Crippen LogP contribution in [0.3, 0.4) is 0 Å². The molecule has 7 rings (SSSR count). The van der Waals surface area contributed by atoms with Crippen LogP contribution in [0.5, 0.6) is 0 Å².